The number of ether oxygens (including phenoxy) is 1. The van der Waals surface area contributed by atoms with Crippen molar-refractivity contribution >= 4 is 63.5 Å². The molecule has 8 heteroatoms. The van der Waals surface area contributed by atoms with Gasteiger partial charge in [0.1, 0.15) is 10.1 Å². The van der Waals surface area contributed by atoms with Crippen LogP contribution in [0, 0.1) is 0 Å². The Kier molecular flexibility index (Phi) is 7.30. The standard InChI is InChI=1S/C21H19ClN2O3S2/c1-27-17-5-2-4-14(12-17)13-18-20(26)24(21(28)29-18)11-3-6-19(25)23-16-9-7-15(22)8-10-16/h2,4-5,7-10,12-13H,3,6,11H2,1H3,(H,23,25)/b18-13-. The van der Waals surface area contributed by atoms with Gasteiger partial charge < -0.3 is 10.1 Å². The Hall–Kier alpha value is -2.35. The van der Waals surface area contributed by atoms with E-state index in [1.165, 1.54) is 11.8 Å². The van der Waals surface area contributed by atoms with Gasteiger partial charge in [0.2, 0.25) is 5.91 Å². The van der Waals surface area contributed by atoms with Crippen LogP contribution in [-0.2, 0) is 9.59 Å². The molecule has 2 aromatic carbocycles. The molecule has 3 rings (SSSR count). The molecule has 1 heterocycles. The SMILES string of the molecule is COc1cccc(/C=C2\SC(=S)N(CCCC(=O)Nc3ccc(Cl)cc3)C2=O)c1. The van der Waals surface area contributed by atoms with Gasteiger partial charge >= 0.3 is 0 Å². The molecule has 0 saturated carbocycles. The van der Waals surface area contributed by atoms with Gasteiger partial charge in [0, 0.05) is 23.7 Å². The van der Waals surface area contributed by atoms with Crippen LogP contribution in [0.2, 0.25) is 5.02 Å². The van der Waals surface area contributed by atoms with E-state index in [0.29, 0.717) is 32.9 Å². The number of carbonyl (C=O) groups excluding carboxylic acids is 2. The van der Waals surface area contributed by atoms with Gasteiger partial charge in [0.25, 0.3) is 5.91 Å². The third-order valence-electron chi connectivity index (χ3n) is 4.18. The summed E-state index contributed by atoms with van der Waals surface area (Å²) in [5.74, 6) is 0.464. The van der Waals surface area contributed by atoms with Crippen molar-refractivity contribution in [2.75, 3.05) is 19.0 Å². The van der Waals surface area contributed by atoms with E-state index >= 15 is 0 Å². The smallest absolute Gasteiger partial charge is 0.266 e. The van der Waals surface area contributed by atoms with Gasteiger partial charge in [-0.05, 0) is 54.5 Å². The summed E-state index contributed by atoms with van der Waals surface area (Å²) in [7, 11) is 1.60. The molecular weight excluding hydrogens is 428 g/mol. The fourth-order valence-corrected chi connectivity index (χ4v) is 4.16. The molecule has 29 heavy (non-hydrogen) atoms. The lowest BCUT2D eigenvalue weighted by atomic mass is 10.2. The first kappa shape index (κ1) is 21.4. The number of hydrogen-bond acceptors (Lipinski definition) is 5. The monoisotopic (exact) mass is 446 g/mol. The molecule has 150 valence electrons. The zero-order valence-electron chi connectivity index (χ0n) is 15.7. The van der Waals surface area contributed by atoms with E-state index in [0.717, 1.165) is 11.3 Å². The largest absolute Gasteiger partial charge is 0.497 e. The number of rotatable bonds is 7. The van der Waals surface area contributed by atoms with Crippen LogP contribution in [0.5, 0.6) is 5.75 Å². The first-order chi connectivity index (χ1) is 14.0. The highest BCUT2D eigenvalue weighted by atomic mass is 35.5. The van der Waals surface area contributed by atoms with E-state index < -0.39 is 0 Å². The molecule has 0 aromatic heterocycles. The summed E-state index contributed by atoms with van der Waals surface area (Å²) in [5, 5.41) is 3.42. The maximum atomic E-state index is 12.7. The van der Waals surface area contributed by atoms with Crippen LogP contribution >= 0.6 is 35.6 Å². The van der Waals surface area contributed by atoms with Crippen molar-refractivity contribution in [3.8, 4) is 5.75 Å². The summed E-state index contributed by atoms with van der Waals surface area (Å²) in [6.07, 6.45) is 2.60. The molecule has 1 N–H and O–H groups in total. The summed E-state index contributed by atoms with van der Waals surface area (Å²) in [4.78, 5) is 26.9. The Balaban J connectivity index is 1.54. The summed E-state index contributed by atoms with van der Waals surface area (Å²) >= 11 is 12.4. The summed E-state index contributed by atoms with van der Waals surface area (Å²) in [6.45, 7) is 0.397. The average molecular weight is 447 g/mol. The summed E-state index contributed by atoms with van der Waals surface area (Å²) in [5.41, 5.74) is 1.55. The highest BCUT2D eigenvalue weighted by Gasteiger charge is 2.31. The van der Waals surface area contributed by atoms with Gasteiger partial charge in [-0.1, -0.05) is 47.7 Å². The number of anilines is 1. The van der Waals surface area contributed by atoms with Crippen LogP contribution in [-0.4, -0.2) is 34.7 Å². The highest BCUT2D eigenvalue weighted by Crippen LogP contribution is 2.33. The Labute approximate surface area is 184 Å². The fraction of sp³-hybridized carbons (Fsp3) is 0.190. The van der Waals surface area contributed by atoms with E-state index in [9.17, 15) is 9.59 Å². The normalized spacial score (nSPS) is 15.1. The van der Waals surface area contributed by atoms with Crippen molar-refractivity contribution in [3.05, 3.63) is 64.0 Å². The van der Waals surface area contributed by atoms with E-state index in [1.54, 1.807) is 42.4 Å². The van der Waals surface area contributed by atoms with Gasteiger partial charge in [-0.25, -0.2) is 0 Å². The Bertz CT molecular complexity index is 961. The second-order valence-electron chi connectivity index (χ2n) is 6.27. The van der Waals surface area contributed by atoms with Gasteiger partial charge in [-0.2, -0.15) is 0 Å². The molecule has 1 aliphatic rings. The number of halogens is 1. The molecule has 1 saturated heterocycles. The molecule has 1 fully saturated rings. The zero-order valence-corrected chi connectivity index (χ0v) is 18.1. The third-order valence-corrected chi connectivity index (χ3v) is 5.81. The molecule has 1 aliphatic heterocycles. The van der Waals surface area contributed by atoms with E-state index in [1.807, 2.05) is 24.3 Å². The first-order valence-corrected chi connectivity index (χ1v) is 10.5. The van der Waals surface area contributed by atoms with Gasteiger partial charge in [0.15, 0.2) is 0 Å². The number of nitrogens with one attached hydrogen (secondary N) is 1. The van der Waals surface area contributed by atoms with E-state index in [-0.39, 0.29) is 18.2 Å². The van der Waals surface area contributed by atoms with Gasteiger partial charge in [0.05, 0.1) is 12.0 Å². The number of thioether (sulfide) groups is 1. The quantitative estimate of drug-likeness (QED) is 0.480. The van der Waals surface area contributed by atoms with Crippen LogP contribution in [0.4, 0.5) is 5.69 Å². The Morgan fingerprint density at radius 1 is 1.28 bits per heavy atom. The number of benzene rings is 2. The highest BCUT2D eigenvalue weighted by molar-refractivity contribution is 8.26. The second-order valence-corrected chi connectivity index (χ2v) is 8.38. The number of thiocarbonyl (C=S) groups is 1. The van der Waals surface area contributed by atoms with Crippen molar-refractivity contribution < 1.29 is 14.3 Å². The molecule has 0 bridgehead atoms. The second kappa shape index (κ2) is 9.91. The minimum atomic E-state index is -0.138. The van der Waals surface area contributed by atoms with Crippen LogP contribution in [0.15, 0.2) is 53.4 Å². The molecule has 0 radical (unpaired) electrons. The molecule has 2 amide bonds. The lowest BCUT2D eigenvalue weighted by Gasteiger charge is -2.14. The van der Waals surface area contributed by atoms with Crippen LogP contribution in [0.25, 0.3) is 6.08 Å². The molecule has 0 aliphatic carbocycles. The molecule has 0 atom stereocenters. The summed E-state index contributed by atoms with van der Waals surface area (Å²) in [6, 6.07) is 14.4. The number of carbonyl (C=O) groups is 2. The zero-order chi connectivity index (χ0) is 20.8. The first-order valence-electron chi connectivity index (χ1n) is 8.91. The number of hydrogen-bond donors (Lipinski definition) is 1. The topological polar surface area (TPSA) is 58.6 Å². The molecule has 0 unspecified atom stereocenters. The van der Waals surface area contributed by atoms with E-state index in [4.69, 9.17) is 28.6 Å². The van der Waals surface area contributed by atoms with E-state index in [2.05, 4.69) is 5.32 Å². The average Bonchev–Trinajstić information content (AvgIpc) is 2.97. The van der Waals surface area contributed by atoms with Crippen molar-refractivity contribution in [3.63, 3.8) is 0 Å². The Morgan fingerprint density at radius 3 is 2.76 bits per heavy atom. The minimum Gasteiger partial charge on any atom is -0.497 e. The maximum Gasteiger partial charge on any atom is 0.266 e. The van der Waals surface area contributed by atoms with Crippen LogP contribution in [0.3, 0.4) is 0 Å². The Morgan fingerprint density at radius 2 is 2.03 bits per heavy atom. The molecule has 0 spiro atoms. The summed E-state index contributed by atoms with van der Waals surface area (Å²) < 4.78 is 5.71. The van der Waals surface area contributed by atoms with Gasteiger partial charge in [-0.3, -0.25) is 14.5 Å². The lowest BCUT2D eigenvalue weighted by molar-refractivity contribution is -0.122. The molecular formula is C21H19ClN2O3S2. The predicted molar refractivity (Wildman–Crippen MR) is 122 cm³/mol. The van der Waals surface area contributed by atoms with Crippen molar-refractivity contribution in [1.82, 2.24) is 4.90 Å². The molecule has 2 aromatic rings. The third kappa shape index (κ3) is 5.82. The van der Waals surface area contributed by atoms with Crippen molar-refractivity contribution in [2.24, 2.45) is 0 Å². The number of methoxy groups -OCH3 is 1. The minimum absolute atomic E-state index is 0.121. The van der Waals surface area contributed by atoms with Crippen molar-refractivity contribution in [2.45, 2.75) is 12.8 Å². The van der Waals surface area contributed by atoms with Crippen LogP contribution in [0.1, 0.15) is 18.4 Å². The number of nitrogens with zero attached hydrogens (tertiary/aromatic N) is 1. The fourth-order valence-electron chi connectivity index (χ4n) is 2.73. The van der Waals surface area contributed by atoms with Gasteiger partial charge in [-0.15, -0.1) is 0 Å². The van der Waals surface area contributed by atoms with Crippen LogP contribution < -0.4 is 10.1 Å². The van der Waals surface area contributed by atoms with Crippen molar-refractivity contribution in [1.29, 1.82) is 0 Å². The molecule has 5 nitrogen and oxygen atoms in total. The lowest BCUT2D eigenvalue weighted by Crippen LogP contribution is -2.29. The maximum absolute atomic E-state index is 12.7. The predicted octanol–water partition coefficient (Wildman–Crippen LogP) is 4.97. The number of amides is 2.